The van der Waals surface area contributed by atoms with Crippen molar-refractivity contribution in [3.8, 4) is 5.88 Å². The second-order valence-electron chi connectivity index (χ2n) is 6.46. The first-order valence-electron chi connectivity index (χ1n) is 8.66. The van der Waals surface area contributed by atoms with Gasteiger partial charge in [0, 0.05) is 18.2 Å². The summed E-state index contributed by atoms with van der Waals surface area (Å²) in [5.74, 6) is 0.745. The first-order chi connectivity index (χ1) is 12.2. The summed E-state index contributed by atoms with van der Waals surface area (Å²) in [6.45, 7) is 4.10. The van der Waals surface area contributed by atoms with Crippen LogP contribution in [0.3, 0.4) is 0 Å². The van der Waals surface area contributed by atoms with Crippen LogP contribution in [0.4, 0.5) is 4.39 Å². The largest absolute Gasteiger partial charge is 0.473 e. The lowest BCUT2D eigenvalue weighted by Crippen LogP contribution is -2.08. The quantitative estimate of drug-likeness (QED) is 0.839. The van der Waals surface area contributed by atoms with E-state index in [1.807, 2.05) is 12.1 Å². The summed E-state index contributed by atoms with van der Waals surface area (Å²) in [5.41, 5.74) is 3.26. The molecule has 25 heavy (non-hydrogen) atoms. The molecule has 3 nitrogen and oxygen atoms in total. The van der Waals surface area contributed by atoms with Crippen molar-refractivity contribution in [1.82, 2.24) is 4.98 Å². The molecule has 1 aliphatic rings. The maximum atomic E-state index is 13.9. The van der Waals surface area contributed by atoms with Crippen LogP contribution in [0, 0.1) is 18.7 Å². The van der Waals surface area contributed by atoms with Crippen LogP contribution in [0.25, 0.3) is 5.57 Å². The van der Waals surface area contributed by atoms with Crippen LogP contribution >= 0.6 is 0 Å². The third kappa shape index (κ3) is 4.67. The Kier molecular flexibility index (Phi) is 5.82. The van der Waals surface area contributed by atoms with Crippen LogP contribution in [0.2, 0.25) is 0 Å². The van der Waals surface area contributed by atoms with E-state index in [0.29, 0.717) is 22.9 Å². The smallest absolute Gasteiger partial charge is 0.214 e. The van der Waals surface area contributed by atoms with Crippen molar-refractivity contribution in [3.63, 3.8) is 0 Å². The Labute approximate surface area is 148 Å². The molecule has 4 heteroatoms. The number of halogens is 1. The zero-order chi connectivity index (χ0) is 17.6. The molecule has 1 aromatic carbocycles. The minimum Gasteiger partial charge on any atom is -0.473 e. The van der Waals surface area contributed by atoms with Crippen molar-refractivity contribution >= 4 is 5.57 Å². The van der Waals surface area contributed by atoms with Gasteiger partial charge in [-0.3, -0.25) is 0 Å². The molecule has 1 aromatic heterocycles. The highest BCUT2D eigenvalue weighted by molar-refractivity contribution is 5.63. The third-order valence-electron chi connectivity index (χ3n) is 4.60. The molecule has 1 atom stereocenters. The van der Waals surface area contributed by atoms with E-state index in [4.69, 9.17) is 9.84 Å². The molecule has 3 rings (SSSR count). The fraction of sp³-hybridized carbons (Fsp3) is 0.333. The van der Waals surface area contributed by atoms with E-state index in [1.54, 1.807) is 18.2 Å². The lowest BCUT2D eigenvalue weighted by molar-refractivity contribution is 0.251. The average Bonchev–Trinajstić information content (AvgIpc) is 2.62. The maximum absolute atomic E-state index is 13.9. The molecule has 0 spiro atoms. The average molecular weight is 340 g/mol. The van der Waals surface area contributed by atoms with Gasteiger partial charge in [0.05, 0.1) is 5.69 Å². The molecule has 1 N–H and O–H groups in total. The maximum Gasteiger partial charge on any atom is 0.214 e. The van der Waals surface area contributed by atoms with E-state index in [2.05, 4.69) is 18.0 Å². The number of hydrogen-bond acceptors (Lipinski definition) is 3. The van der Waals surface area contributed by atoms with Gasteiger partial charge in [-0.05, 0) is 61.8 Å². The summed E-state index contributed by atoms with van der Waals surface area (Å²) < 4.78 is 19.5. The van der Waals surface area contributed by atoms with Gasteiger partial charge in [-0.25, -0.2) is 9.37 Å². The molecule has 2 aromatic rings. The Bertz CT molecular complexity index is 757. The molecular weight excluding hydrogens is 317 g/mol. The van der Waals surface area contributed by atoms with Gasteiger partial charge in [0.25, 0.3) is 0 Å². The lowest BCUT2D eigenvalue weighted by atomic mass is 9.86. The molecule has 0 saturated carbocycles. The second-order valence-corrected chi connectivity index (χ2v) is 6.46. The predicted octanol–water partition coefficient (Wildman–Crippen LogP) is 4.55. The Morgan fingerprint density at radius 3 is 2.88 bits per heavy atom. The summed E-state index contributed by atoms with van der Waals surface area (Å²) in [4.78, 5) is 4.56. The van der Waals surface area contributed by atoms with Gasteiger partial charge < -0.3 is 9.84 Å². The Balaban J connectivity index is 1.65. The van der Waals surface area contributed by atoms with Crippen LogP contribution in [0.5, 0.6) is 5.88 Å². The van der Waals surface area contributed by atoms with Crippen LogP contribution < -0.4 is 4.74 Å². The number of nitrogens with zero attached hydrogens (tertiary/aromatic N) is 1. The number of aliphatic hydroxyl groups is 1. The molecule has 0 bridgehead atoms. The first kappa shape index (κ1) is 17.6. The number of aliphatic hydroxyl groups excluding tert-OH is 1. The fourth-order valence-corrected chi connectivity index (χ4v) is 3.10. The number of hydrogen-bond donors (Lipinski definition) is 1. The van der Waals surface area contributed by atoms with Gasteiger partial charge in [-0.15, -0.1) is 0 Å². The highest BCUT2D eigenvalue weighted by Gasteiger charge is 2.16. The zero-order valence-electron chi connectivity index (χ0n) is 14.2. The van der Waals surface area contributed by atoms with E-state index in [-0.39, 0.29) is 19.0 Å². The molecule has 1 unspecified atom stereocenters. The molecule has 1 aliphatic carbocycles. The van der Waals surface area contributed by atoms with Crippen molar-refractivity contribution in [3.05, 3.63) is 72.0 Å². The molecular formula is C21H23FNO2. The predicted molar refractivity (Wildman–Crippen MR) is 96.4 cm³/mol. The topological polar surface area (TPSA) is 42.4 Å². The van der Waals surface area contributed by atoms with Crippen molar-refractivity contribution in [2.45, 2.75) is 32.3 Å². The lowest BCUT2D eigenvalue weighted by Gasteiger charge is -2.21. The summed E-state index contributed by atoms with van der Waals surface area (Å²) in [6.07, 6.45) is 6.08. The number of rotatable bonds is 6. The second kappa shape index (κ2) is 8.26. The van der Waals surface area contributed by atoms with E-state index in [9.17, 15) is 4.39 Å². The van der Waals surface area contributed by atoms with Crippen molar-refractivity contribution in [2.75, 3.05) is 6.61 Å². The normalized spacial score (nSPS) is 17.2. The molecule has 0 aliphatic heterocycles. The van der Waals surface area contributed by atoms with Gasteiger partial charge in [0.15, 0.2) is 0 Å². The molecule has 131 valence electrons. The van der Waals surface area contributed by atoms with Crippen LogP contribution in [-0.2, 0) is 6.61 Å². The number of pyridine rings is 1. The first-order valence-corrected chi connectivity index (χ1v) is 8.66. The Hall–Kier alpha value is -2.20. The molecule has 1 radical (unpaired) electrons. The van der Waals surface area contributed by atoms with Crippen molar-refractivity contribution in [1.29, 1.82) is 0 Å². The summed E-state index contributed by atoms with van der Waals surface area (Å²) >= 11 is 0. The van der Waals surface area contributed by atoms with E-state index in [0.717, 1.165) is 31.4 Å². The number of benzene rings is 1. The SMILES string of the molecule is [CH2]c1ccc(COc2cccc(C3=CCC(CCO)CC3)n2)c(F)c1. The summed E-state index contributed by atoms with van der Waals surface area (Å²) in [5, 5.41) is 9.05. The molecule has 0 amide bonds. The van der Waals surface area contributed by atoms with E-state index < -0.39 is 0 Å². The van der Waals surface area contributed by atoms with E-state index >= 15 is 0 Å². The van der Waals surface area contributed by atoms with Gasteiger partial charge in [-0.1, -0.05) is 24.3 Å². The number of aromatic nitrogens is 1. The van der Waals surface area contributed by atoms with Crippen LogP contribution in [-0.4, -0.2) is 16.7 Å². The van der Waals surface area contributed by atoms with Gasteiger partial charge in [0.2, 0.25) is 5.88 Å². The summed E-state index contributed by atoms with van der Waals surface area (Å²) in [6, 6.07) is 10.5. The number of allylic oxidation sites excluding steroid dienone is 2. The van der Waals surface area contributed by atoms with Crippen LogP contribution in [0.15, 0.2) is 42.5 Å². The van der Waals surface area contributed by atoms with Crippen molar-refractivity contribution < 1.29 is 14.2 Å². The summed E-state index contributed by atoms with van der Waals surface area (Å²) in [7, 11) is 0. The van der Waals surface area contributed by atoms with Gasteiger partial charge in [-0.2, -0.15) is 0 Å². The monoisotopic (exact) mass is 340 g/mol. The van der Waals surface area contributed by atoms with Gasteiger partial charge in [0.1, 0.15) is 12.4 Å². The van der Waals surface area contributed by atoms with E-state index in [1.165, 1.54) is 11.6 Å². The highest BCUT2D eigenvalue weighted by Crippen LogP contribution is 2.31. The molecule has 0 saturated heterocycles. The van der Waals surface area contributed by atoms with Gasteiger partial charge >= 0.3 is 0 Å². The standard InChI is InChI=1S/C21H23FNO2/c1-15-5-8-18(19(22)13-15)14-25-21-4-2-3-20(23-21)17-9-6-16(7-10-17)11-12-24/h2-5,8-9,13,16,24H,1,6-7,10-12,14H2. The number of ether oxygens (including phenoxy) is 1. The Morgan fingerprint density at radius 1 is 1.28 bits per heavy atom. The van der Waals surface area contributed by atoms with Crippen LogP contribution in [0.1, 0.15) is 42.5 Å². The third-order valence-corrected chi connectivity index (χ3v) is 4.60. The highest BCUT2D eigenvalue weighted by atomic mass is 19.1. The fourth-order valence-electron chi connectivity index (χ4n) is 3.10. The minimum atomic E-state index is -0.312. The molecule has 0 fully saturated rings. The van der Waals surface area contributed by atoms with Crippen molar-refractivity contribution in [2.24, 2.45) is 5.92 Å². The Morgan fingerprint density at radius 2 is 2.16 bits per heavy atom. The minimum absolute atomic E-state index is 0.139. The zero-order valence-corrected chi connectivity index (χ0v) is 14.2. The molecule has 1 heterocycles.